The minimum atomic E-state index is 0.538. The molecule has 0 aromatic rings. The first-order valence-corrected chi connectivity index (χ1v) is 5.53. The van der Waals surface area contributed by atoms with Crippen LogP contribution in [0.1, 0.15) is 32.6 Å². The summed E-state index contributed by atoms with van der Waals surface area (Å²) in [5.74, 6) is 0.887. The van der Waals surface area contributed by atoms with Crippen LogP contribution in [0.25, 0.3) is 0 Å². The third-order valence-corrected chi connectivity index (χ3v) is 3.73. The number of rotatable bonds is 6. The van der Waals surface area contributed by atoms with E-state index >= 15 is 0 Å². The fourth-order valence-electron chi connectivity index (χ4n) is 2.32. The van der Waals surface area contributed by atoms with Gasteiger partial charge in [0.05, 0.1) is 6.61 Å². The number of nitrogens with one attached hydrogen (secondary N) is 1. The smallest absolute Gasteiger partial charge is 0.0521 e. The van der Waals surface area contributed by atoms with Gasteiger partial charge in [0.15, 0.2) is 0 Å². The Hall–Kier alpha value is -0.0800. The van der Waals surface area contributed by atoms with Gasteiger partial charge < -0.3 is 10.1 Å². The number of methoxy groups -OCH3 is 1. The van der Waals surface area contributed by atoms with Crippen molar-refractivity contribution in [1.29, 1.82) is 0 Å². The molecule has 0 bridgehead atoms. The van der Waals surface area contributed by atoms with Gasteiger partial charge in [-0.25, -0.2) is 0 Å². The van der Waals surface area contributed by atoms with Crippen molar-refractivity contribution in [1.82, 2.24) is 5.32 Å². The number of hydrogen-bond acceptors (Lipinski definition) is 2. The average molecular weight is 183 g/mol. The molecule has 2 heteroatoms. The van der Waals surface area contributed by atoms with Crippen LogP contribution in [-0.2, 0) is 4.74 Å². The van der Waals surface area contributed by atoms with Gasteiger partial charge in [-0.15, -0.1) is 0 Å². The van der Waals surface area contributed by atoms with E-state index in [4.69, 9.17) is 4.74 Å². The van der Waals surface area contributed by atoms with Crippen molar-refractivity contribution in [2.75, 3.05) is 20.3 Å². The van der Waals surface area contributed by atoms with Crippen LogP contribution in [0.3, 0.4) is 0 Å². The molecule has 2 rings (SSSR count). The van der Waals surface area contributed by atoms with Gasteiger partial charge in [0.2, 0.25) is 0 Å². The number of hydrogen-bond donors (Lipinski definition) is 1. The summed E-state index contributed by atoms with van der Waals surface area (Å²) in [5.41, 5.74) is 0.538. The average Bonchev–Trinajstić information content (AvgIpc) is 2.98. The van der Waals surface area contributed by atoms with Crippen molar-refractivity contribution in [3.8, 4) is 0 Å². The molecule has 76 valence electrons. The SMILES string of the molecule is CCC1(COC)CC1CNC1CC1. The predicted octanol–water partition coefficient (Wildman–Crippen LogP) is 1.80. The normalized spacial score (nSPS) is 37.8. The third-order valence-electron chi connectivity index (χ3n) is 3.73. The van der Waals surface area contributed by atoms with Crippen molar-refractivity contribution in [3.63, 3.8) is 0 Å². The topological polar surface area (TPSA) is 21.3 Å². The predicted molar refractivity (Wildman–Crippen MR) is 53.7 cm³/mol. The fraction of sp³-hybridized carbons (Fsp3) is 1.00. The molecule has 0 saturated heterocycles. The van der Waals surface area contributed by atoms with E-state index in [0.717, 1.165) is 18.6 Å². The molecule has 0 heterocycles. The molecule has 0 aromatic heterocycles. The van der Waals surface area contributed by atoms with E-state index in [1.807, 2.05) is 7.11 Å². The highest BCUT2D eigenvalue weighted by Gasteiger charge is 2.52. The summed E-state index contributed by atoms with van der Waals surface area (Å²) in [4.78, 5) is 0. The Morgan fingerprint density at radius 1 is 1.46 bits per heavy atom. The third kappa shape index (κ3) is 2.05. The fourth-order valence-corrected chi connectivity index (χ4v) is 2.32. The summed E-state index contributed by atoms with van der Waals surface area (Å²) < 4.78 is 5.28. The lowest BCUT2D eigenvalue weighted by Gasteiger charge is -2.13. The zero-order valence-corrected chi connectivity index (χ0v) is 8.81. The molecule has 0 aliphatic heterocycles. The molecule has 2 nitrogen and oxygen atoms in total. The summed E-state index contributed by atoms with van der Waals surface area (Å²) in [6.45, 7) is 4.47. The minimum Gasteiger partial charge on any atom is -0.384 e. The first-order valence-electron chi connectivity index (χ1n) is 5.53. The van der Waals surface area contributed by atoms with Crippen LogP contribution in [0.4, 0.5) is 0 Å². The molecule has 2 atom stereocenters. The lowest BCUT2D eigenvalue weighted by molar-refractivity contribution is 0.129. The van der Waals surface area contributed by atoms with E-state index < -0.39 is 0 Å². The van der Waals surface area contributed by atoms with E-state index in [2.05, 4.69) is 12.2 Å². The Labute approximate surface area is 81.0 Å². The van der Waals surface area contributed by atoms with E-state index in [0.29, 0.717) is 5.41 Å². The van der Waals surface area contributed by atoms with Crippen LogP contribution in [-0.4, -0.2) is 26.3 Å². The maximum absolute atomic E-state index is 5.28. The Bertz CT molecular complexity index is 179. The molecule has 2 aliphatic carbocycles. The molecule has 0 amide bonds. The van der Waals surface area contributed by atoms with Crippen molar-refractivity contribution >= 4 is 0 Å². The molecule has 2 saturated carbocycles. The van der Waals surface area contributed by atoms with Crippen LogP contribution in [0.5, 0.6) is 0 Å². The summed E-state index contributed by atoms with van der Waals surface area (Å²) in [5, 5.41) is 3.61. The maximum Gasteiger partial charge on any atom is 0.0521 e. The second kappa shape index (κ2) is 3.58. The van der Waals surface area contributed by atoms with Gasteiger partial charge in [0.25, 0.3) is 0 Å². The zero-order valence-electron chi connectivity index (χ0n) is 8.81. The Balaban J connectivity index is 1.70. The van der Waals surface area contributed by atoms with Gasteiger partial charge in [0.1, 0.15) is 0 Å². The lowest BCUT2D eigenvalue weighted by Crippen LogP contribution is -2.23. The van der Waals surface area contributed by atoms with Gasteiger partial charge in [-0.3, -0.25) is 0 Å². The van der Waals surface area contributed by atoms with Crippen LogP contribution in [0.2, 0.25) is 0 Å². The zero-order chi connectivity index (χ0) is 9.31. The van der Waals surface area contributed by atoms with Crippen molar-refractivity contribution < 1.29 is 4.74 Å². The second-order valence-corrected chi connectivity index (χ2v) is 4.73. The first kappa shape index (κ1) is 9.47. The Kier molecular flexibility index (Phi) is 2.61. The van der Waals surface area contributed by atoms with Crippen LogP contribution in [0, 0.1) is 11.3 Å². The van der Waals surface area contributed by atoms with Crippen LogP contribution in [0.15, 0.2) is 0 Å². The van der Waals surface area contributed by atoms with Crippen LogP contribution >= 0.6 is 0 Å². The van der Waals surface area contributed by atoms with Crippen molar-refractivity contribution in [2.24, 2.45) is 11.3 Å². The van der Waals surface area contributed by atoms with Gasteiger partial charge in [0, 0.05) is 13.2 Å². The van der Waals surface area contributed by atoms with E-state index in [1.165, 1.54) is 32.2 Å². The van der Waals surface area contributed by atoms with Crippen molar-refractivity contribution in [2.45, 2.75) is 38.6 Å². The molecule has 0 aromatic carbocycles. The number of ether oxygens (including phenoxy) is 1. The summed E-state index contributed by atoms with van der Waals surface area (Å²) in [6.07, 6.45) is 5.45. The summed E-state index contributed by atoms with van der Waals surface area (Å²) >= 11 is 0. The highest BCUT2D eigenvalue weighted by Crippen LogP contribution is 2.55. The molecule has 0 radical (unpaired) electrons. The molecule has 1 N–H and O–H groups in total. The van der Waals surface area contributed by atoms with Crippen molar-refractivity contribution in [3.05, 3.63) is 0 Å². The molecule has 2 fully saturated rings. The second-order valence-electron chi connectivity index (χ2n) is 4.73. The molecular weight excluding hydrogens is 162 g/mol. The van der Waals surface area contributed by atoms with E-state index in [1.54, 1.807) is 0 Å². The molecule has 0 spiro atoms. The molecule has 2 aliphatic rings. The van der Waals surface area contributed by atoms with Gasteiger partial charge >= 0.3 is 0 Å². The Morgan fingerprint density at radius 3 is 2.77 bits per heavy atom. The molecule has 13 heavy (non-hydrogen) atoms. The molecular formula is C11H21NO. The summed E-state index contributed by atoms with van der Waals surface area (Å²) in [6, 6.07) is 0.859. The Morgan fingerprint density at radius 2 is 2.23 bits per heavy atom. The highest BCUT2D eigenvalue weighted by atomic mass is 16.5. The van der Waals surface area contributed by atoms with E-state index in [-0.39, 0.29) is 0 Å². The largest absolute Gasteiger partial charge is 0.384 e. The molecule has 2 unspecified atom stereocenters. The minimum absolute atomic E-state index is 0.538. The van der Waals surface area contributed by atoms with Gasteiger partial charge in [-0.05, 0) is 43.6 Å². The van der Waals surface area contributed by atoms with Gasteiger partial charge in [-0.1, -0.05) is 6.92 Å². The standard InChI is InChI=1S/C11H21NO/c1-3-11(8-13-2)6-9(11)7-12-10-4-5-10/h9-10,12H,3-8H2,1-2H3. The van der Waals surface area contributed by atoms with Crippen LogP contribution < -0.4 is 5.32 Å². The first-order chi connectivity index (χ1) is 6.30. The summed E-state index contributed by atoms with van der Waals surface area (Å²) in [7, 11) is 1.82. The monoisotopic (exact) mass is 183 g/mol. The van der Waals surface area contributed by atoms with E-state index in [9.17, 15) is 0 Å². The van der Waals surface area contributed by atoms with Gasteiger partial charge in [-0.2, -0.15) is 0 Å². The highest BCUT2D eigenvalue weighted by molar-refractivity contribution is 5.03. The quantitative estimate of drug-likeness (QED) is 0.678. The lowest BCUT2D eigenvalue weighted by atomic mass is 10.0. The maximum atomic E-state index is 5.28.